The highest BCUT2D eigenvalue weighted by Gasteiger charge is 2.29. The zero-order chi connectivity index (χ0) is 26.2. The summed E-state index contributed by atoms with van der Waals surface area (Å²) in [5.74, 6) is 2.40. The van der Waals surface area contributed by atoms with Crippen molar-refractivity contribution in [1.29, 1.82) is 0 Å². The van der Waals surface area contributed by atoms with Gasteiger partial charge in [-0.25, -0.2) is 9.78 Å². The number of hydrogen-bond donors (Lipinski definition) is 2. The lowest BCUT2D eigenvalue weighted by molar-refractivity contribution is 0.0409. The van der Waals surface area contributed by atoms with Crippen LogP contribution in [0.25, 0.3) is 21.9 Å². The Morgan fingerprint density at radius 3 is 2.79 bits per heavy atom. The number of carbonyl (C=O) groups is 1. The van der Waals surface area contributed by atoms with Crippen molar-refractivity contribution in [2.75, 3.05) is 11.4 Å². The Morgan fingerprint density at radius 1 is 1.18 bits per heavy atom. The van der Waals surface area contributed by atoms with E-state index in [1.807, 2.05) is 36.4 Å². The number of anilines is 1. The number of aryl methyl sites for hydroxylation is 1. The fourth-order valence-electron chi connectivity index (χ4n) is 4.98. The molecule has 0 bridgehead atoms. The summed E-state index contributed by atoms with van der Waals surface area (Å²) in [6.45, 7) is 0.00867. The highest BCUT2D eigenvalue weighted by molar-refractivity contribution is 5.90. The van der Waals surface area contributed by atoms with Crippen LogP contribution in [0.1, 0.15) is 39.8 Å². The van der Waals surface area contributed by atoms with Crippen LogP contribution in [0, 0.1) is 12.3 Å². The minimum atomic E-state index is -0.567. The molecule has 2 aromatic heterocycles. The number of aromatic amines is 1. The first kappa shape index (κ1) is 23.4. The van der Waals surface area contributed by atoms with E-state index in [9.17, 15) is 14.7 Å². The number of aliphatic hydroxyl groups excluding tert-OH is 1. The SMILES string of the molecule is C#CCN(c1ccc(C(=O)On2nnc3ccccc32)cc1)C1CCc2cc3nc(CO)[nH]c(=O)c3cc21. The lowest BCUT2D eigenvalue weighted by atomic mass is 10.0. The Bertz CT molecular complexity index is 1780. The largest absolute Gasteiger partial charge is 0.388 e. The number of benzene rings is 3. The molecule has 6 rings (SSSR count). The van der Waals surface area contributed by atoms with Crippen LogP contribution in [-0.4, -0.2) is 42.7 Å². The van der Waals surface area contributed by atoms with Crippen LogP contribution in [0.2, 0.25) is 0 Å². The van der Waals surface area contributed by atoms with Crippen molar-refractivity contribution in [2.45, 2.75) is 25.5 Å². The van der Waals surface area contributed by atoms with Crippen LogP contribution in [-0.2, 0) is 13.0 Å². The second-order valence-corrected chi connectivity index (χ2v) is 9.00. The molecule has 1 aliphatic rings. The van der Waals surface area contributed by atoms with Crippen molar-refractivity contribution in [3.05, 3.63) is 93.5 Å². The second kappa shape index (κ2) is 9.46. The zero-order valence-electron chi connectivity index (χ0n) is 20.2. The van der Waals surface area contributed by atoms with Crippen molar-refractivity contribution >= 4 is 33.6 Å². The molecule has 10 nitrogen and oxygen atoms in total. The number of rotatable bonds is 6. The minimum absolute atomic E-state index is 0.0540. The molecule has 0 radical (unpaired) electrons. The summed E-state index contributed by atoms with van der Waals surface area (Å²) < 4.78 is 0. The van der Waals surface area contributed by atoms with Gasteiger partial charge in [-0.1, -0.05) is 22.9 Å². The number of terminal acetylenes is 1. The van der Waals surface area contributed by atoms with Gasteiger partial charge in [0.05, 0.1) is 29.1 Å². The molecule has 3 aromatic carbocycles. The molecular formula is C28H22N6O4. The standard InChI is InChI=1S/C28H22N6O4/c1-2-13-33(24-12-9-18-14-23-21(15-20(18)24)27(36)30-26(16-35)29-23)19-10-7-17(8-11-19)28(37)38-34-25-6-4-3-5-22(25)31-32-34/h1,3-8,10-11,14-15,24,35H,9,12-13,16H2,(H,29,30,36). The van der Waals surface area contributed by atoms with Crippen LogP contribution < -0.4 is 15.3 Å². The number of fused-ring (bicyclic) bond motifs is 3. The van der Waals surface area contributed by atoms with Crippen molar-refractivity contribution in [3.63, 3.8) is 0 Å². The van der Waals surface area contributed by atoms with Gasteiger partial charge in [-0.15, -0.1) is 11.5 Å². The highest BCUT2D eigenvalue weighted by Crippen LogP contribution is 2.39. The second-order valence-electron chi connectivity index (χ2n) is 9.00. The number of H-pyrrole nitrogens is 1. The van der Waals surface area contributed by atoms with Gasteiger partial charge in [0.25, 0.3) is 5.56 Å². The van der Waals surface area contributed by atoms with Crippen LogP contribution >= 0.6 is 0 Å². The van der Waals surface area contributed by atoms with Gasteiger partial charge in [0.2, 0.25) is 0 Å². The number of nitrogens with zero attached hydrogens (tertiary/aromatic N) is 5. The third kappa shape index (κ3) is 4.05. The molecule has 2 heterocycles. The fraction of sp³-hybridized carbons (Fsp3) is 0.179. The highest BCUT2D eigenvalue weighted by atomic mass is 16.7. The lowest BCUT2D eigenvalue weighted by Gasteiger charge is -2.30. The predicted octanol–water partition coefficient (Wildman–Crippen LogP) is 2.56. The van der Waals surface area contributed by atoms with E-state index in [0.29, 0.717) is 34.0 Å². The first-order valence-electron chi connectivity index (χ1n) is 12.1. The molecule has 38 heavy (non-hydrogen) atoms. The topological polar surface area (TPSA) is 126 Å². The van der Waals surface area contributed by atoms with Crippen LogP contribution in [0.5, 0.6) is 0 Å². The fourth-order valence-corrected chi connectivity index (χ4v) is 4.98. The minimum Gasteiger partial charge on any atom is -0.388 e. The van der Waals surface area contributed by atoms with E-state index >= 15 is 0 Å². The molecule has 188 valence electrons. The molecule has 2 N–H and O–H groups in total. The predicted molar refractivity (Wildman–Crippen MR) is 140 cm³/mol. The van der Waals surface area contributed by atoms with Crippen molar-refractivity contribution in [2.24, 2.45) is 0 Å². The average Bonchev–Trinajstić information content (AvgIpc) is 3.54. The molecule has 0 saturated carbocycles. The molecule has 0 spiro atoms. The number of nitrogens with one attached hydrogen (secondary N) is 1. The summed E-state index contributed by atoms with van der Waals surface area (Å²) in [5, 5.41) is 17.7. The Morgan fingerprint density at radius 2 is 2.00 bits per heavy atom. The van der Waals surface area contributed by atoms with Crippen LogP contribution in [0.15, 0.2) is 65.5 Å². The number of para-hydroxylation sites is 1. The quantitative estimate of drug-likeness (QED) is 0.266. The molecule has 1 unspecified atom stereocenters. The Hall–Kier alpha value is -5.01. The Labute approximate surface area is 216 Å². The molecule has 5 aromatic rings. The van der Waals surface area contributed by atoms with Crippen molar-refractivity contribution in [3.8, 4) is 12.3 Å². The maximum atomic E-state index is 12.8. The van der Waals surface area contributed by atoms with E-state index in [0.717, 1.165) is 34.5 Å². The average molecular weight is 507 g/mol. The van der Waals surface area contributed by atoms with E-state index in [-0.39, 0.29) is 24.0 Å². The van der Waals surface area contributed by atoms with E-state index in [4.69, 9.17) is 11.3 Å². The zero-order valence-corrected chi connectivity index (χ0v) is 20.2. The van der Waals surface area contributed by atoms with Gasteiger partial charge in [0.15, 0.2) is 0 Å². The molecule has 10 heteroatoms. The molecule has 1 aliphatic carbocycles. The smallest absolute Gasteiger partial charge is 0.365 e. The maximum absolute atomic E-state index is 12.8. The Kier molecular flexibility index (Phi) is 5.82. The number of hydrogen-bond acceptors (Lipinski definition) is 8. The summed E-state index contributed by atoms with van der Waals surface area (Å²) in [6.07, 6.45) is 7.34. The molecule has 0 amide bonds. The van der Waals surface area contributed by atoms with Crippen molar-refractivity contribution < 1.29 is 14.7 Å². The van der Waals surface area contributed by atoms with Crippen LogP contribution in [0.4, 0.5) is 5.69 Å². The Balaban J connectivity index is 1.28. The third-order valence-corrected chi connectivity index (χ3v) is 6.77. The summed E-state index contributed by atoms with van der Waals surface area (Å²) in [5.41, 5.74) is 4.77. The van der Waals surface area contributed by atoms with Gasteiger partial charge in [0, 0.05) is 5.69 Å². The van der Waals surface area contributed by atoms with Gasteiger partial charge in [-0.05, 0) is 77.7 Å². The van der Waals surface area contributed by atoms with Gasteiger partial charge in [0.1, 0.15) is 23.5 Å². The molecule has 0 fully saturated rings. The third-order valence-electron chi connectivity index (χ3n) is 6.77. The number of aliphatic hydroxyl groups is 1. The van der Waals surface area contributed by atoms with Crippen LogP contribution in [0.3, 0.4) is 0 Å². The molecule has 0 saturated heterocycles. The summed E-state index contributed by atoms with van der Waals surface area (Å²) >= 11 is 0. The molecular weight excluding hydrogens is 484 g/mol. The van der Waals surface area contributed by atoms with Crippen molar-refractivity contribution in [1.82, 2.24) is 25.1 Å². The van der Waals surface area contributed by atoms with Gasteiger partial charge >= 0.3 is 5.97 Å². The summed E-state index contributed by atoms with van der Waals surface area (Å²) in [4.78, 5) is 41.0. The molecule has 1 atom stereocenters. The first-order chi connectivity index (χ1) is 18.6. The maximum Gasteiger partial charge on any atom is 0.365 e. The van der Waals surface area contributed by atoms with Gasteiger partial charge in [-0.3, -0.25) is 4.79 Å². The monoisotopic (exact) mass is 506 g/mol. The van der Waals surface area contributed by atoms with E-state index in [2.05, 4.69) is 31.1 Å². The number of carbonyl (C=O) groups excluding carboxylic acids is 1. The summed E-state index contributed by atoms with van der Waals surface area (Å²) in [6, 6.07) is 17.9. The summed E-state index contributed by atoms with van der Waals surface area (Å²) in [7, 11) is 0. The van der Waals surface area contributed by atoms with E-state index in [1.165, 1.54) is 0 Å². The van der Waals surface area contributed by atoms with Gasteiger partial charge < -0.3 is 19.8 Å². The molecule has 0 aliphatic heterocycles. The number of aromatic nitrogens is 5. The van der Waals surface area contributed by atoms with Gasteiger partial charge in [-0.2, -0.15) is 0 Å². The lowest BCUT2D eigenvalue weighted by Crippen LogP contribution is -2.28. The van der Waals surface area contributed by atoms with E-state index in [1.54, 1.807) is 24.3 Å². The van der Waals surface area contributed by atoms with E-state index < -0.39 is 5.97 Å². The normalized spacial score (nSPS) is 14.4. The first-order valence-corrected chi connectivity index (χ1v) is 12.1.